The zero-order valence-electron chi connectivity index (χ0n) is 18.1. The van der Waals surface area contributed by atoms with Crippen LogP contribution in [0.5, 0.6) is 5.75 Å². The van der Waals surface area contributed by atoms with Gasteiger partial charge in [-0.2, -0.15) is 4.31 Å². The number of aromatic nitrogens is 1. The zero-order chi connectivity index (χ0) is 23.0. The van der Waals surface area contributed by atoms with Crippen LogP contribution in [0.4, 0.5) is 0 Å². The van der Waals surface area contributed by atoms with E-state index < -0.39 is 22.0 Å². The minimum Gasteiger partial charge on any atom is -0.497 e. The zero-order valence-corrected chi connectivity index (χ0v) is 18.9. The van der Waals surface area contributed by atoms with Gasteiger partial charge in [0.15, 0.2) is 0 Å². The van der Waals surface area contributed by atoms with Crippen LogP contribution < -0.4 is 10.1 Å². The molecule has 0 unspecified atom stereocenters. The van der Waals surface area contributed by atoms with Crippen LogP contribution in [0.15, 0.2) is 48.7 Å². The van der Waals surface area contributed by atoms with Gasteiger partial charge < -0.3 is 15.0 Å². The van der Waals surface area contributed by atoms with E-state index in [0.29, 0.717) is 11.4 Å². The fourth-order valence-electron chi connectivity index (χ4n) is 2.74. The summed E-state index contributed by atoms with van der Waals surface area (Å²) in [6, 6.07) is 11.6. The van der Waals surface area contributed by atoms with Crippen LogP contribution in [-0.4, -0.2) is 67.4 Å². The predicted molar refractivity (Wildman–Crippen MR) is 117 cm³/mol. The van der Waals surface area contributed by atoms with Gasteiger partial charge in [0, 0.05) is 19.8 Å². The van der Waals surface area contributed by atoms with E-state index in [4.69, 9.17) is 4.74 Å². The number of pyridine rings is 1. The van der Waals surface area contributed by atoms with Gasteiger partial charge in [-0.15, -0.1) is 0 Å². The molecule has 1 aromatic heterocycles. The summed E-state index contributed by atoms with van der Waals surface area (Å²) in [4.78, 5) is 31.2. The van der Waals surface area contributed by atoms with Gasteiger partial charge in [0.05, 0.1) is 32.1 Å². The first-order valence-electron chi connectivity index (χ1n) is 9.63. The van der Waals surface area contributed by atoms with E-state index in [1.165, 1.54) is 11.9 Å². The Balaban J connectivity index is 2.17. The fourth-order valence-corrected chi connectivity index (χ4v) is 3.08. The van der Waals surface area contributed by atoms with Crippen molar-refractivity contribution in [3.8, 4) is 5.75 Å². The van der Waals surface area contributed by atoms with Crippen molar-refractivity contribution in [1.29, 1.82) is 0 Å². The second-order valence-electron chi connectivity index (χ2n) is 7.10. The van der Waals surface area contributed by atoms with Crippen molar-refractivity contribution in [1.82, 2.24) is 19.5 Å². The second-order valence-corrected chi connectivity index (χ2v) is 9.19. The molecule has 168 valence electrons. The Kier molecular flexibility index (Phi) is 8.52. The third kappa shape index (κ3) is 7.34. The minimum atomic E-state index is -3.54. The van der Waals surface area contributed by atoms with Crippen LogP contribution in [-0.2, 0) is 32.7 Å². The van der Waals surface area contributed by atoms with Crippen molar-refractivity contribution >= 4 is 21.8 Å². The van der Waals surface area contributed by atoms with Crippen molar-refractivity contribution < 1.29 is 22.7 Å². The molecule has 0 radical (unpaired) electrons. The molecule has 0 saturated heterocycles. The van der Waals surface area contributed by atoms with Crippen molar-refractivity contribution in [3.63, 3.8) is 0 Å². The monoisotopic (exact) mass is 448 g/mol. The van der Waals surface area contributed by atoms with Crippen molar-refractivity contribution in [2.24, 2.45) is 0 Å². The summed E-state index contributed by atoms with van der Waals surface area (Å²) in [5, 5.41) is 2.77. The number of amides is 2. The second kappa shape index (κ2) is 10.9. The number of nitrogens with zero attached hydrogens (tertiary/aromatic N) is 3. The number of methoxy groups -OCH3 is 1. The van der Waals surface area contributed by atoms with Crippen LogP contribution in [0.3, 0.4) is 0 Å². The molecular formula is C21H28N4O5S. The Morgan fingerprint density at radius 3 is 2.39 bits per heavy atom. The lowest BCUT2D eigenvalue weighted by molar-refractivity contribution is -0.140. The first-order chi connectivity index (χ1) is 14.6. The molecule has 9 nitrogen and oxygen atoms in total. The van der Waals surface area contributed by atoms with Crippen molar-refractivity contribution in [2.75, 3.05) is 27.0 Å². The van der Waals surface area contributed by atoms with E-state index in [-0.39, 0.29) is 25.5 Å². The normalized spacial score (nSPS) is 12.3. The summed E-state index contributed by atoms with van der Waals surface area (Å²) in [7, 11) is -0.666. The summed E-state index contributed by atoms with van der Waals surface area (Å²) < 4.78 is 29.6. The number of ether oxygens (including phenoxy) is 1. The molecule has 0 fully saturated rings. The molecule has 1 atom stereocenters. The van der Waals surface area contributed by atoms with E-state index in [0.717, 1.165) is 16.1 Å². The molecule has 0 saturated carbocycles. The number of likely N-dealkylation sites (N-methyl/N-ethyl adjacent to an activating group) is 1. The van der Waals surface area contributed by atoms with Gasteiger partial charge >= 0.3 is 0 Å². The van der Waals surface area contributed by atoms with Gasteiger partial charge in [-0.3, -0.25) is 14.6 Å². The maximum Gasteiger partial charge on any atom is 0.242 e. The molecule has 31 heavy (non-hydrogen) atoms. The molecule has 1 aromatic carbocycles. The van der Waals surface area contributed by atoms with Gasteiger partial charge in [-0.05, 0) is 36.8 Å². The fraction of sp³-hybridized carbons (Fsp3) is 0.381. The lowest BCUT2D eigenvalue weighted by atomic mass is 10.1. The van der Waals surface area contributed by atoms with E-state index in [1.54, 1.807) is 56.6 Å². The Morgan fingerprint density at radius 2 is 1.84 bits per heavy atom. The summed E-state index contributed by atoms with van der Waals surface area (Å²) in [5.41, 5.74) is 1.47. The van der Waals surface area contributed by atoms with Gasteiger partial charge in [0.25, 0.3) is 0 Å². The first-order valence-corrected chi connectivity index (χ1v) is 11.5. The first kappa shape index (κ1) is 24.3. The average molecular weight is 449 g/mol. The van der Waals surface area contributed by atoms with Crippen LogP contribution in [0.25, 0.3) is 0 Å². The third-order valence-electron chi connectivity index (χ3n) is 4.77. The van der Waals surface area contributed by atoms with E-state index >= 15 is 0 Å². The number of carbonyl (C=O) groups is 2. The number of sulfonamides is 1. The number of hydrogen-bond acceptors (Lipinski definition) is 6. The number of nitrogens with one attached hydrogen (secondary N) is 1. The summed E-state index contributed by atoms with van der Waals surface area (Å²) in [5.74, 6) is -0.182. The minimum absolute atomic E-state index is 0.138. The number of benzene rings is 1. The highest BCUT2D eigenvalue weighted by Gasteiger charge is 2.28. The maximum atomic E-state index is 13.0. The molecule has 0 spiro atoms. The van der Waals surface area contributed by atoms with Crippen LogP contribution in [0.2, 0.25) is 0 Å². The summed E-state index contributed by atoms with van der Waals surface area (Å²) in [6.45, 7) is 1.60. The molecule has 2 amide bonds. The molecular weight excluding hydrogens is 420 g/mol. The Hall–Kier alpha value is -2.98. The highest BCUT2D eigenvalue weighted by Crippen LogP contribution is 2.15. The molecule has 0 aliphatic carbocycles. The van der Waals surface area contributed by atoms with Crippen LogP contribution in [0.1, 0.15) is 18.2 Å². The molecule has 1 heterocycles. The SMILES string of the molecule is COc1ccc(CN(C(=O)CN(C)S(C)(=O)=O)[C@H](C)C(=O)NCc2ccccn2)cc1. The van der Waals surface area contributed by atoms with Gasteiger partial charge in [-0.25, -0.2) is 8.42 Å². The molecule has 10 heteroatoms. The highest BCUT2D eigenvalue weighted by molar-refractivity contribution is 7.88. The molecule has 1 N–H and O–H groups in total. The van der Waals surface area contributed by atoms with Gasteiger partial charge in [-0.1, -0.05) is 18.2 Å². The third-order valence-corrected chi connectivity index (χ3v) is 6.03. The number of hydrogen-bond donors (Lipinski definition) is 1. The largest absolute Gasteiger partial charge is 0.497 e. The summed E-state index contributed by atoms with van der Waals surface area (Å²) in [6.07, 6.45) is 2.66. The van der Waals surface area contributed by atoms with Crippen molar-refractivity contribution in [3.05, 3.63) is 59.9 Å². The lowest BCUT2D eigenvalue weighted by Crippen LogP contribution is -2.50. The number of carbonyl (C=O) groups excluding carboxylic acids is 2. The van der Waals surface area contributed by atoms with Crippen molar-refractivity contribution in [2.45, 2.75) is 26.1 Å². The quantitative estimate of drug-likeness (QED) is 0.581. The Morgan fingerprint density at radius 1 is 1.16 bits per heavy atom. The lowest BCUT2D eigenvalue weighted by Gasteiger charge is -2.30. The standard InChI is InChI=1S/C21H28N4O5S/c1-16(21(27)23-13-18-7-5-6-12-22-18)25(20(26)15-24(2)31(4,28)29)14-17-8-10-19(30-3)11-9-17/h5-12,16H,13-15H2,1-4H3,(H,23,27)/t16-/m1/s1. The van der Waals surface area contributed by atoms with Gasteiger partial charge in [0.2, 0.25) is 21.8 Å². The van der Waals surface area contributed by atoms with Crippen LogP contribution in [0, 0.1) is 0 Å². The van der Waals surface area contributed by atoms with Gasteiger partial charge in [0.1, 0.15) is 11.8 Å². The molecule has 0 aliphatic heterocycles. The Labute approximate surface area is 183 Å². The molecule has 0 bridgehead atoms. The highest BCUT2D eigenvalue weighted by atomic mass is 32.2. The Bertz CT molecular complexity index is 981. The maximum absolute atomic E-state index is 13.0. The topological polar surface area (TPSA) is 109 Å². The molecule has 2 aromatic rings. The van der Waals surface area contributed by atoms with E-state index in [1.807, 2.05) is 6.07 Å². The predicted octanol–water partition coefficient (Wildman–Crippen LogP) is 1.02. The molecule has 0 aliphatic rings. The molecule has 2 rings (SSSR count). The average Bonchev–Trinajstić information content (AvgIpc) is 2.75. The number of rotatable bonds is 10. The van der Waals surface area contributed by atoms with E-state index in [2.05, 4.69) is 10.3 Å². The van der Waals surface area contributed by atoms with E-state index in [9.17, 15) is 18.0 Å². The van der Waals surface area contributed by atoms with Crippen LogP contribution >= 0.6 is 0 Å². The summed E-state index contributed by atoms with van der Waals surface area (Å²) >= 11 is 0. The smallest absolute Gasteiger partial charge is 0.242 e.